The van der Waals surface area contributed by atoms with Crippen LogP contribution in [-0.4, -0.2) is 23.1 Å². The van der Waals surface area contributed by atoms with Gasteiger partial charge in [-0.3, -0.25) is 0 Å². The van der Waals surface area contributed by atoms with Gasteiger partial charge in [-0.05, 0) is 59.4 Å². The van der Waals surface area contributed by atoms with E-state index in [-0.39, 0.29) is 0 Å². The Kier molecular flexibility index (Phi) is 2.69. The Morgan fingerprint density at radius 2 is 2.12 bits per heavy atom. The average Bonchev–Trinajstić information content (AvgIpc) is 2.73. The Hall–Kier alpha value is -0.870. The molecular weight excluding hydrogens is 266 g/mol. The highest BCUT2D eigenvalue weighted by Crippen LogP contribution is 2.31. The highest BCUT2D eigenvalue weighted by molar-refractivity contribution is 9.10. The molecule has 0 radical (unpaired) electrons. The van der Waals surface area contributed by atoms with Crippen LogP contribution in [0.5, 0.6) is 0 Å². The van der Waals surface area contributed by atoms with Crippen LogP contribution >= 0.6 is 15.9 Å². The number of rotatable bonds is 1. The molecule has 1 aliphatic heterocycles. The molecule has 0 spiro atoms. The first-order valence-corrected chi connectivity index (χ1v) is 6.47. The molecular formula is C12H14BrN3. The summed E-state index contributed by atoms with van der Waals surface area (Å²) in [5, 5.41) is 4.67. The first-order chi connectivity index (χ1) is 7.84. The van der Waals surface area contributed by atoms with Gasteiger partial charge in [0.05, 0.1) is 0 Å². The summed E-state index contributed by atoms with van der Waals surface area (Å²) in [4.78, 5) is 7.64. The second kappa shape index (κ2) is 4.18. The number of hydrogen-bond donors (Lipinski definition) is 2. The third kappa shape index (κ3) is 1.76. The van der Waals surface area contributed by atoms with Gasteiger partial charge in [0.15, 0.2) is 0 Å². The number of aromatic amines is 1. The van der Waals surface area contributed by atoms with Gasteiger partial charge in [0.1, 0.15) is 5.65 Å². The van der Waals surface area contributed by atoms with E-state index in [4.69, 9.17) is 0 Å². The third-order valence-corrected chi connectivity index (χ3v) is 3.74. The molecule has 0 saturated carbocycles. The molecule has 3 nitrogen and oxygen atoms in total. The van der Waals surface area contributed by atoms with Crippen LogP contribution in [0.1, 0.15) is 24.3 Å². The van der Waals surface area contributed by atoms with Crippen LogP contribution in [0, 0.1) is 0 Å². The number of H-pyrrole nitrogens is 1. The largest absolute Gasteiger partial charge is 0.346 e. The molecule has 84 valence electrons. The Balaban J connectivity index is 2.05. The molecule has 0 aliphatic carbocycles. The lowest BCUT2D eigenvalue weighted by Crippen LogP contribution is -2.26. The molecule has 0 amide bonds. The summed E-state index contributed by atoms with van der Waals surface area (Å²) < 4.78 is 1.05. The molecule has 2 aromatic heterocycles. The fourth-order valence-corrected chi connectivity index (χ4v) is 2.80. The molecule has 1 fully saturated rings. The molecule has 0 unspecified atom stereocenters. The van der Waals surface area contributed by atoms with Crippen molar-refractivity contribution in [1.29, 1.82) is 0 Å². The average molecular weight is 280 g/mol. The zero-order valence-corrected chi connectivity index (χ0v) is 10.5. The quantitative estimate of drug-likeness (QED) is 0.843. The van der Waals surface area contributed by atoms with Gasteiger partial charge >= 0.3 is 0 Å². The van der Waals surface area contributed by atoms with Crippen LogP contribution in [-0.2, 0) is 0 Å². The summed E-state index contributed by atoms with van der Waals surface area (Å²) in [6.45, 7) is 2.25. The van der Waals surface area contributed by atoms with Crippen LogP contribution in [0.4, 0.5) is 0 Å². The van der Waals surface area contributed by atoms with E-state index >= 15 is 0 Å². The van der Waals surface area contributed by atoms with Crippen LogP contribution in [0.15, 0.2) is 22.9 Å². The molecule has 4 heteroatoms. The summed E-state index contributed by atoms with van der Waals surface area (Å²) >= 11 is 3.49. The summed E-state index contributed by atoms with van der Waals surface area (Å²) in [5.74, 6) is 0.672. The predicted octanol–water partition coefficient (Wildman–Crippen LogP) is 2.79. The van der Waals surface area contributed by atoms with Crippen LogP contribution < -0.4 is 5.32 Å². The first-order valence-electron chi connectivity index (χ1n) is 5.68. The second-order valence-electron chi connectivity index (χ2n) is 4.32. The number of hydrogen-bond acceptors (Lipinski definition) is 2. The number of nitrogens with zero attached hydrogens (tertiary/aromatic N) is 1. The Bertz CT molecular complexity index is 500. The van der Waals surface area contributed by atoms with Crippen LogP contribution in [0.3, 0.4) is 0 Å². The Morgan fingerprint density at radius 1 is 1.31 bits per heavy atom. The minimum atomic E-state index is 0.672. The minimum absolute atomic E-state index is 0.672. The van der Waals surface area contributed by atoms with Crippen molar-refractivity contribution in [2.75, 3.05) is 13.1 Å². The lowest BCUT2D eigenvalue weighted by Gasteiger charge is -2.22. The summed E-state index contributed by atoms with van der Waals surface area (Å²) in [7, 11) is 0. The molecule has 0 aromatic carbocycles. The first kappa shape index (κ1) is 10.3. The van der Waals surface area contributed by atoms with E-state index in [2.05, 4.69) is 43.5 Å². The van der Waals surface area contributed by atoms with Crippen molar-refractivity contribution in [3.63, 3.8) is 0 Å². The molecule has 2 aromatic rings. The maximum Gasteiger partial charge on any atom is 0.137 e. The summed E-state index contributed by atoms with van der Waals surface area (Å²) in [5.41, 5.74) is 2.42. The summed E-state index contributed by atoms with van der Waals surface area (Å²) in [6.07, 6.45) is 6.41. The standard InChI is InChI=1S/C12H14BrN3/c13-9-5-10-11(7-16-12(10)15-6-9)8-1-3-14-4-2-8/h5-8,14H,1-4H2,(H,15,16). The number of pyridine rings is 1. The van der Waals surface area contributed by atoms with Gasteiger partial charge in [-0.15, -0.1) is 0 Å². The van der Waals surface area contributed by atoms with Gasteiger partial charge in [0, 0.05) is 22.3 Å². The molecule has 0 bridgehead atoms. The SMILES string of the molecule is Brc1cnc2[nH]cc(C3CCNCC3)c2c1. The van der Waals surface area contributed by atoms with E-state index < -0.39 is 0 Å². The molecule has 1 aliphatic rings. The fourth-order valence-electron chi connectivity index (χ4n) is 2.47. The molecule has 1 saturated heterocycles. The van der Waals surface area contributed by atoms with Crippen molar-refractivity contribution < 1.29 is 0 Å². The zero-order chi connectivity index (χ0) is 11.0. The van der Waals surface area contributed by atoms with Crippen molar-refractivity contribution in [2.24, 2.45) is 0 Å². The predicted molar refractivity (Wildman–Crippen MR) is 68.6 cm³/mol. The van der Waals surface area contributed by atoms with Crippen molar-refractivity contribution in [3.8, 4) is 0 Å². The van der Waals surface area contributed by atoms with Crippen molar-refractivity contribution in [2.45, 2.75) is 18.8 Å². The van der Waals surface area contributed by atoms with Gasteiger partial charge in [-0.1, -0.05) is 0 Å². The number of piperidine rings is 1. The molecule has 0 atom stereocenters. The summed E-state index contributed by atoms with van der Waals surface area (Å²) in [6, 6.07) is 2.16. The normalized spacial score (nSPS) is 18.1. The minimum Gasteiger partial charge on any atom is -0.346 e. The number of fused-ring (bicyclic) bond motifs is 1. The van der Waals surface area contributed by atoms with E-state index in [1.54, 1.807) is 0 Å². The van der Waals surface area contributed by atoms with Crippen LogP contribution in [0.25, 0.3) is 11.0 Å². The van der Waals surface area contributed by atoms with Crippen molar-refractivity contribution in [3.05, 3.63) is 28.5 Å². The number of nitrogens with one attached hydrogen (secondary N) is 2. The van der Waals surface area contributed by atoms with Crippen molar-refractivity contribution in [1.82, 2.24) is 15.3 Å². The lowest BCUT2D eigenvalue weighted by molar-refractivity contribution is 0.462. The topological polar surface area (TPSA) is 40.7 Å². The lowest BCUT2D eigenvalue weighted by atomic mass is 9.90. The van der Waals surface area contributed by atoms with Crippen LogP contribution in [0.2, 0.25) is 0 Å². The monoisotopic (exact) mass is 279 g/mol. The maximum absolute atomic E-state index is 4.38. The van der Waals surface area contributed by atoms with E-state index in [9.17, 15) is 0 Å². The maximum atomic E-state index is 4.38. The smallest absolute Gasteiger partial charge is 0.137 e. The molecule has 16 heavy (non-hydrogen) atoms. The molecule has 3 rings (SSSR count). The number of halogens is 1. The van der Waals surface area contributed by atoms with Crippen molar-refractivity contribution >= 4 is 27.0 Å². The zero-order valence-electron chi connectivity index (χ0n) is 8.96. The Labute approximate surface area is 103 Å². The van der Waals surface area contributed by atoms with E-state index in [0.717, 1.165) is 23.2 Å². The highest BCUT2D eigenvalue weighted by atomic mass is 79.9. The number of aromatic nitrogens is 2. The van der Waals surface area contributed by atoms with E-state index in [0.29, 0.717) is 5.92 Å². The van der Waals surface area contributed by atoms with E-state index in [1.807, 2.05) is 6.20 Å². The van der Waals surface area contributed by atoms with Gasteiger partial charge < -0.3 is 10.3 Å². The van der Waals surface area contributed by atoms with Gasteiger partial charge in [-0.25, -0.2) is 4.98 Å². The van der Waals surface area contributed by atoms with Gasteiger partial charge in [0.25, 0.3) is 0 Å². The highest BCUT2D eigenvalue weighted by Gasteiger charge is 2.18. The Morgan fingerprint density at radius 3 is 2.94 bits per heavy atom. The molecule has 3 heterocycles. The second-order valence-corrected chi connectivity index (χ2v) is 5.23. The van der Waals surface area contributed by atoms with E-state index in [1.165, 1.54) is 23.8 Å². The third-order valence-electron chi connectivity index (χ3n) is 3.31. The fraction of sp³-hybridized carbons (Fsp3) is 0.417. The molecule has 2 N–H and O–H groups in total. The van der Waals surface area contributed by atoms with Gasteiger partial charge in [0.2, 0.25) is 0 Å². The van der Waals surface area contributed by atoms with Gasteiger partial charge in [-0.2, -0.15) is 0 Å².